The molecular formula is C16H16N2OS2. The number of nitrogens with zero attached hydrogens (tertiary/aromatic N) is 1. The number of anilines is 1. The lowest BCUT2D eigenvalue weighted by molar-refractivity contribution is 0.102. The highest BCUT2D eigenvalue weighted by Crippen LogP contribution is 2.32. The molecule has 0 saturated carbocycles. The summed E-state index contributed by atoms with van der Waals surface area (Å²) in [7, 11) is 0. The molecule has 1 N–H and O–H groups in total. The molecule has 2 aromatic rings. The van der Waals surface area contributed by atoms with Crippen LogP contribution >= 0.6 is 23.1 Å². The Kier molecular flexibility index (Phi) is 5.05. The molecule has 0 aliphatic rings. The van der Waals surface area contributed by atoms with Crippen LogP contribution in [0.15, 0.2) is 29.2 Å². The Morgan fingerprint density at radius 3 is 2.57 bits per heavy atom. The van der Waals surface area contributed by atoms with Crippen LogP contribution in [0.1, 0.15) is 33.3 Å². The minimum Gasteiger partial charge on any atom is -0.312 e. The first kappa shape index (κ1) is 15.6. The third kappa shape index (κ3) is 3.46. The van der Waals surface area contributed by atoms with E-state index in [9.17, 15) is 10.1 Å². The second-order valence-corrected chi connectivity index (χ2v) is 7.07. The van der Waals surface area contributed by atoms with Crippen LogP contribution in [0.2, 0.25) is 0 Å². The molecule has 21 heavy (non-hydrogen) atoms. The van der Waals surface area contributed by atoms with Gasteiger partial charge in [0.15, 0.2) is 0 Å². The molecule has 1 aromatic carbocycles. The predicted molar refractivity (Wildman–Crippen MR) is 89.3 cm³/mol. The van der Waals surface area contributed by atoms with Crippen molar-refractivity contribution in [2.45, 2.75) is 25.7 Å². The normalized spacial score (nSPS) is 10.2. The highest BCUT2D eigenvalue weighted by Gasteiger charge is 2.15. The van der Waals surface area contributed by atoms with Gasteiger partial charge in [-0.15, -0.1) is 23.1 Å². The maximum absolute atomic E-state index is 12.3. The molecule has 0 aliphatic carbocycles. The Balaban J connectivity index is 2.18. The number of thioether (sulfide) groups is 1. The number of benzene rings is 1. The minimum atomic E-state index is -0.180. The minimum absolute atomic E-state index is 0.180. The molecule has 0 saturated heterocycles. The molecule has 108 valence electrons. The number of hydrogen-bond acceptors (Lipinski definition) is 4. The average Bonchev–Trinajstić information content (AvgIpc) is 2.74. The molecular weight excluding hydrogens is 300 g/mol. The van der Waals surface area contributed by atoms with Crippen molar-refractivity contribution < 1.29 is 4.79 Å². The van der Waals surface area contributed by atoms with E-state index in [1.165, 1.54) is 11.3 Å². The molecule has 2 rings (SSSR count). The Bertz CT molecular complexity index is 696. The van der Waals surface area contributed by atoms with E-state index in [-0.39, 0.29) is 5.91 Å². The summed E-state index contributed by atoms with van der Waals surface area (Å²) in [6.45, 7) is 5.94. The number of nitrogens with one attached hydrogen (secondary N) is 1. The lowest BCUT2D eigenvalue weighted by Gasteiger charge is -2.04. The average molecular weight is 316 g/mol. The Morgan fingerprint density at radius 2 is 2.00 bits per heavy atom. The van der Waals surface area contributed by atoms with Gasteiger partial charge in [-0.2, -0.15) is 5.26 Å². The highest BCUT2D eigenvalue weighted by atomic mass is 32.2. The zero-order valence-corrected chi connectivity index (χ0v) is 13.8. The van der Waals surface area contributed by atoms with Crippen LogP contribution < -0.4 is 5.32 Å². The first-order valence-corrected chi connectivity index (χ1v) is 8.41. The zero-order valence-electron chi connectivity index (χ0n) is 12.2. The van der Waals surface area contributed by atoms with Gasteiger partial charge in [0.2, 0.25) is 0 Å². The quantitative estimate of drug-likeness (QED) is 0.839. The van der Waals surface area contributed by atoms with Crippen LogP contribution in [0.4, 0.5) is 5.00 Å². The van der Waals surface area contributed by atoms with E-state index < -0.39 is 0 Å². The summed E-state index contributed by atoms with van der Waals surface area (Å²) in [5.41, 5.74) is 2.10. The fraction of sp³-hybridized carbons (Fsp3) is 0.250. The van der Waals surface area contributed by atoms with Crippen molar-refractivity contribution in [3.8, 4) is 6.07 Å². The van der Waals surface area contributed by atoms with Crippen LogP contribution in [-0.4, -0.2) is 11.7 Å². The molecule has 0 bridgehead atoms. The van der Waals surface area contributed by atoms with Crippen molar-refractivity contribution in [1.82, 2.24) is 0 Å². The summed E-state index contributed by atoms with van der Waals surface area (Å²) in [5.74, 6) is 0.825. The summed E-state index contributed by atoms with van der Waals surface area (Å²) < 4.78 is 0. The lowest BCUT2D eigenvalue weighted by Crippen LogP contribution is -2.11. The number of rotatable bonds is 4. The molecule has 0 aliphatic heterocycles. The highest BCUT2D eigenvalue weighted by molar-refractivity contribution is 7.99. The molecule has 0 spiro atoms. The van der Waals surface area contributed by atoms with Gasteiger partial charge in [-0.3, -0.25) is 4.79 Å². The molecule has 0 atom stereocenters. The van der Waals surface area contributed by atoms with Crippen molar-refractivity contribution in [3.05, 3.63) is 45.8 Å². The first-order chi connectivity index (χ1) is 10.1. The lowest BCUT2D eigenvalue weighted by atomic mass is 10.2. The van der Waals surface area contributed by atoms with Gasteiger partial charge in [-0.1, -0.05) is 6.92 Å². The van der Waals surface area contributed by atoms with Gasteiger partial charge in [0.1, 0.15) is 11.1 Å². The van der Waals surface area contributed by atoms with Gasteiger partial charge in [0, 0.05) is 15.3 Å². The van der Waals surface area contributed by atoms with E-state index in [1.807, 2.05) is 38.1 Å². The van der Waals surface area contributed by atoms with Crippen molar-refractivity contribution in [3.63, 3.8) is 0 Å². The van der Waals surface area contributed by atoms with E-state index in [2.05, 4.69) is 18.3 Å². The third-order valence-corrected chi connectivity index (χ3v) is 5.17. The Morgan fingerprint density at radius 1 is 1.33 bits per heavy atom. The van der Waals surface area contributed by atoms with Gasteiger partial charge in [0.25, 0.3) is 5.91 Å². The van der Waals surface area contributed by atoms with Crippen LogP contribution in [-0.2, 0) is 0 Å². The van der Waals surface area contributed by atoms with Crippen LogP contribution in [0, 0.1) is 25.2 Å². The number of thiophene rings is 1. The smallest absolute Gasteiger partial charge is 0.256 e. The molecule has 0 radical (unpaired) electrons. The predicted octanol–water partition coefficient (Wildman–Crippen LogP) is 4.60. The number of carbonyl (C=O) groups excluding carboxylic acids is 1. The standard InChI is InChI=1S/C16H16N2OS2/c1-4-20-13-7-5-12(6-8-13)15(19)18-16-14(9-17)10(2)11(3)21-16/h5-8H,4H2,1-3H3,(H,18,19). The van der Waals surface area contributed by atoms with E-state index in [4.69, 9.17) is 0 Å². The summed E-state index contributed by atoms with van der Waals surface area (Å²) in [5, 5.41) is 12.7. The van der Waals surface area contributed by atoms with E-state index >= 15 is 0 Å². The van der Waals surface area contributed by atoms with Crippen LogP contribution in [0.25, 0.3) is 0 Å². The summed E-state index contributed by atoms with van der Waals surface area (Å²) in [6, 6.07) is 9.67. The number of carbonyl (C=O) groups is 1. The zero-order chi connectivity index (χ0) is 15.4. The molecule has 0 fully saturated rings. The van der Waals surface area contributed by atoms with Gasteiger partial charge in [-0.25, -0.2) is 0 Å². The van der Waals surface area contributed by atoms with Gasteiger partial charge >= 0.3 is 0 Å². The molecule has 1 amide bonds. The fourth-order valence-electron chi connectivity index (χ4n) is 1.89. The van der Waals surface area contributed by atoms with E-state index in [0.29, 0.717) is 16.1 Å². The maximum Gasteiger partial charge on any atom is 0.256 e. The van der Waals surface area contributed by atoms with Crippen molar-refractivity contribution in [2.75, 3.05) is 11.1 Å². The van der Waals surface area contributed by atoms with Crippen LogP contribution in [0.3, 0.4) is 0 Å². The van der Waals surface area contributed by atoms with Gasteiger partial charge in [-0.05, 0) is 49.4 Å². The SMILES string of the molecule is CCSc1ccc(C(=O)Nc2sc(C)c(C)c2C#N)cc1. The summed E-state index contributed by atoms with van der Waals surface area (Å²) in [4.78, 5) is 14.5. The molecule has 1 heterocycles. The molecule has 1 aromatic heterocycles. The first-order valence-electron chi connectivity index (χ1n) is 6.61. The molecule has 5 heteroatoms. The second-order valence-electron chi connectivity index (χ2n) is 4.51. The monoisotopic (exact) mass is 316 g/mol. The Labute approximate surface area is 133 Å². The largest absolute Gasteiger partial charge is 0.312 e. The second kappa shape index (κ2) is 6.79. The number of nitriles is 1. The van der Waals surface area contributed by atoms with Crippen LogP contribution in [0.5, 0.6) is 0 Å². The molecule has 3 nitrogen and oxygen atoms in total. The Hall–Kier alpha value is -1.77. The van der Waals surface area contributed by atoms with Crippen molar-refractivity contribution in [1.29, 1.82) is 5.26 Å². The number of amides is 1. The topological polar surface area (TPSA) is 52.9 Å². The van der Waals surface area contributed by atoms with E-state index in [1.54, 1.807) is 11.8 Å². The third-order valence-electron chi connectivity index (χ3n) is 3.15. The van der Waals surface area contributed by atoms with Gasteiger partial charge in [0.05, 0.1) is 5.56 Å². The number of aryl methyl sites for hydroxylation is 1. The summed E-state index contributed by atoms with van der Waals surface area (Å²) in [6.07, 6.45) is 0. The number of hydrogen-bond donors (Lipinski definition) is 1. The maximum atomic E-state index is 12.3. The van der Waals surface area contributed by atoms with Crippen molar-refractivity contribution in [2.24, 2.45) is 0 Å². The summed E-state index contributed by atoms with van der Waals surface area (Å²) >= 11 is 3.18. The fourth-order valence-corrected chi connectivity index (χ4v) is 3.56. The molecule has 0 unspecified atom stereocenters. The van der Waals surface area contributed by atoms with Crippen molar-refractivity contribution >= 4 is 34.0 Å². The van der Waals surface area contributed by atoms with E-state index in [0.717, 1.165) is 21.1 Å². The van der Waals surface area contributed by atoms with Gasteiger partial charge < -0.3 is 5.32 Å².